The van der Waals surface area contributed by atoms with Crippen molar-refractivity contribution in [3.8, 4) is 5.75 Å². The first-order chi connectivity index (χ1) is 14.5. The van der Waals surface area contributed by atoms with Crippen LogP contribution in [-0.2, 0) is 4.74 Å². The minimum Gasteiger partial charge on any atom is -0.507 e. The molecule has 30 heavy (non-hydrogen) atoms. The molecular weight excluding hydrogens is 402 g/mol. The second-order valence-electron chi connectivity index (χ2n) is 7.75. The monoisotopic (exact) mass is 427 g/mol. The van der Waals surface area contributed by atoms with Crippen molar-refractivity contribution in [3.05, 3.63) is 64.7 Å². The number of hydrogen-bond acceptors (Lipinski definition) is 5. The molecule has 4 rings (SSSR count). The van der Waals surface area contributed by atoms with E-state index in [-0.39, 0.29) is 17.9 Å². The number of para-hydroxylation sites is 1. The Morgan fingerprint density at radius 2 is 1.93 bits per heavy atom. The molecule has 6 nitrogen and oxygen atoms in total. The Labute approximate surface area is 181 Å². The van der Waals surface area contributed by atoms with E-state index in [1.165, 1.54) is 0 Å². The van der Waals surface area contributed by atoms with E-state index >= 15 is 0 Å². The number of amides is 1. The molecule has 1 saturated heterocycles. The quantitative estimate of drug-likeness (QED) is 0.755. The zero-order valence-corrected chi connectivity index (χ0v) is 17.7. The maximum Gasteiger partial charge on any atom is 0.409 e. The third-order valence-electron chi connectivity index (χ3n) is 5.79. The van der Waals surface area contributed by atoms with Gasteiger partial charge < -0.3 is 14.7 Å². The summed E-state index contributed by atoms with van der Waals surface area (Å²) in [5.74, 6) is 0.229. The normalized spacial score (nSPS) is 20.7. The van der Waals surface area contributed by atoms with Crippen molar-refractivity contribution in [1.82, 2.24) is 10.2 Å². The van der Waals surface area contributed by atoms with Crippen LogP contribution in [0.25, 0.3) is 0 Å². The number of rotatable bonds is 3. The number of phenols is 1. The largest absolute Gasteiger partial charge is 0.507 e. The van der Waals surface area contributed by atoms with Crippen LogP contribution in [0.15, 0.2) is 53.5 Å². The van der Waals surface area contributed by atoms with Crippen LogP contribution in [0.3, 0.4) is 0 Å². The van der Waals surface area contributed by atoms with Crippen molar-refractivity contribution < 1.29 is 14.6 Å². The highest BCUT2D eigenvalue weighted by atomic mass is 35.5. The summed E-state index contributed by atoms with van der Waals surface area (Å²) in [5, 5.41) is 14.8. The number of hydrogen-bond donors (Lipinski definition) is 2. The number of ether oxygens (including phenoxy) is 1. The first-order valence-electron chi connectivity index (χ1n) is 10.3. The average molecular weight is 428 g/mol. The molecular formula is C23H26ClN3O3. The van der Waals surface area contributed by atoms with Gasteiger partial charge in [-0.05, 0) is 36.8 Å². The lowest BCUT2D eigenvalue weighted by molar-refractivity contribution is 0.0779. The Morgan fingerprint density at radius 1 is 1.23 bits per heavy atom. The number of piperidine rings is 1. The van der Waals surface area contributed by atoms with Gasteiger partial charge >= 0.3 is 6.09 Å². The highest BCUT2D eigenvalue weighted by Crippen LogP contribution is 2.36. The lowest BCUT2D eigenvalue weighted by atomic mass is 9.87. The van der Waals surface area contributed by atoms with Crippen LogP contribution in [0.4, 0.5) is 4.79 Å². The van der Waals surface area contributed by atoms with Gasteiger partial charge in [-0.25, -0.2) is 4.79 Å². The molecule has 2 aliphatic heterocycles. The third-order valence-corrected chi connectivity index (χ3v) is 6.05. The Morgan fingerprint density at radius 3 is 2.60 bits per heavy atom. The summed E-state index contributed by atoms with van der Waals surface area (Å²) in [4.78, 5) is 18.9. The van der Waals surface area contributed by atoms with Gasteiger partial charge in [0.2, 0.25) is 0 Å². The van der Waals surface area contributed by atoms with E-state index in [1.54, 1.807) is 11.0 Å². The predicted octanol–water partition coefficient (Wildman–Crippen LogP) is 4.52. The van der Waals surface area contributed by atoms with Crippen LogP contribution >= 0.6 is 11.6 Å². The first-order valence-corrected chi connectivity index (χ1v) is 10.7. The summed E-state index contributed by atoms with van der Waals surface area (Å²) in [6, 6.07) is 15.2. The second-order valence-corrected chi connectivity index (χ2v) is 8.18. The van der Waals surface area contributed by atoms with Crippen molar-refractivity contribution in [2.75, 3.05) is 19.7 Å². The lowest BCUT2D eigenvalue weighted by Crippen LogP contribution is -2.56. The number of likely N-dealkylation sites (tertiary alicyclic amines) is 1. The van der Waals surface area contributed by atoms with Gasteiger partial charge in [-0.2, -0.15) is 0 Å². The number of carbonyl (C=O) groups excluding carboxylic acids is 1. The molecule has 0 unspecified atom stereocenters. The third kappa shape index (κ3) is 4.30. The fraction of sp³-hybridized carbons (Fsp3) is 0.391. The number of nitrogens with one attached hydrogen (secondary N) is 1. The molecule has 2 N–H and O–H groups in total. The molecule has 2 aromatic rings. The van der Waals surface area contributed by atoms with Crippen LogP contribution in [0.1, 0.15) is 43.4 Å². The number of aromatic hydroxyl groups is 1. The van der Waals surface area contributed by atoms with E-state index in [9.17, 15) is 9.90 Å². The van der Waals surface area contributed by atoms with Crippen LogP contribution in [0.5, 0.6) is 5.75 Å². The second kappa shape index (κ2) is 8.66. The number of aliphatic imine (C=N–C) groups is 1. The minimum atomic E-state index is -0.497. The highest BCUT2D eigenvalue weighted by Gasteiger charge is 2.41. The van der Waals surface area contributed by atoms with E-state index in [0.717, 1.165) is 16.8 Å². The summed E-state index contributed by atoms with van der Waals surface area (Å²) < 4.78 is 5.15. The number of nitrogens with zero attached hydrogens (tertiary/aromatic N) is 2. The van der Waals surface area contributed by atoms with Crippen molar-refractivity contribution in [3.63, 3.8) is 0 Å². The standard InChI is InChI=1S/C23H26ClN3O3/c1-2-30-22(29)27-13-11-23(12-14-27)25-19(16-7-9-17(24)10-8-16)15-20(26-23)18-5-3-4-6-21(18)28/h3-10,19,25,28H,2,11-15H2,1H3/t19-/m1/s1. The summed E-state index contributed by atoms with van der Waals surface area (Å²) >= 11 is 6.08. The summed E-state index contributed by atoms with van der Waals surface area (Å²) in [7, 11) is 0. The van der Waals surface area contributed by atoms with Crippen molar-refractivity contribution in [1.29, 1.82) is 0 Å². The van der Waals surface area contributed by atoms with Gasteiger partial charge in [-0.1, -0.05) is 35.9 Å². The Hall–Kier alpha value is -2.57. The van der Waals surface area contributed by atoms with Gasteiger partial charge in [-0.15, -0.1) is 0 Å². The van der Waals surface area contributed by atoms with Gasteiger partial charge in [0, 0.05) is 54.7 Å². The predicted molar refractivity (Wildman–Crippen MR) is 117 cm³/mol. The lowest BCUT2D eigenvalue weighted by Gasteiger charge is -2.45. The number of benzene rings is 2. The number of phenolic OH excluding ortho intramolecular Hbond substituents is 1. The van der Waals surface area contributed by atoms with E-state index in [1.807, 2.05) is 49.4 Å². The van der Waals surface area contributed by atoms with E-state index in [4.69, 9.17) is 21.3 Å². The van der Waals surface area contributed by atoms with Crippen molar-refractivity contribution in [2.45, 2.75) is 37.9 Å². The zero-order valence-electron chi connectivity index (χ0n) is 17.0. The van der Waals surface area contributed by atoms with Crippen molar-refractivity contribution in [2.24, 2.45) is 4.99 Å². The Bertz CT molecular complexity index is 937. The molecule has 0 bridgehead atoms. The molecule has 0 radical (unpaired) electrons. The summed E-state index contributed by atoms with van der Waals surface area (Å²) in [5.41, 5.74) is 2.25. The molecule has 7 heteroatoms. The van der Waals surface area contributed by atoms with Crippen LogP contribution in [-0.4, -0.2) is 47.2 Å². The molecule has 1 amide bonds. The maximum absolute atomic E-state index is 12.1. The fourth-order valence-corrected chi connectivity index (χ4v) is 4.35. The first kappa shape index (κ1) is 20.7. The fourth-order valence-electron chi connectivity index (χ4n) is 4.22. The van der Waals surface area contributed by atoms with Gasteiger partial charge in [0.05, 0.1) is 6.61 Å². The topological polar surface area (TPSA) is 74.2 Å². The Kier molecular flexibility index (Phi) is 5.97. The molecule has 158 valence electrons. The molecule has 0 aromatic heterocycles. The molecule has 1 atom stereocenters. The summed E-state index contributed by atoms with van der Waals surface area (Å²) in [6.07, 6.45) is 1.73. The molecule has 0 saturated carbocycles. The van der Waals surface area contributed by atoms with E-state index < -0.39 is 5.66 Å². The van der Waals surface area contributed by atoms with Gasteiger partial charge in [0.25, 0.3) is 0 Å². The highest BCUT2D eigenvalue weighted by molar-refractivity contribution is 6.30. The molecule has 2 aliphatic rings. The molecule has 1 fully saturated rings. The van der Waals surface area contributed by atoms with Gasteiger partial charge in [0.1, 0.15) is 11.4 Å². The molecule has 2 aromatic carbocycles. The SMILES string of the molecule is CCOC(=O)N1CCC2(CC1)N=C(c1ccccc1O)C[C@H](c1ccc(Cl)cc1)N2. The average Bonchev–Trinajstić information content (AvgIpc) is 2.75. The van der Waals surface area contributed by atoms with E-state index in [0.29, 0.717) is 44.0 Å². The molecule has 1 spiro atoms. The summed E-state index contributed by atoms with van der Waals surface area (Å²) in [6.45, 7) is 3.31. The smallest absolute Gasteiger partial charge is 0.409 e. The van der Waals surface area contributed by atoms with Crippen LogP contribution in [0.2, 0.25) is 5.02 Å². The molecule has 0 aliphatic carbocycles. The minimum absolute atomic E-state index is 0.0310. The zero-order chi connectivity index (χ0) is 21.1. The maximum atomic E-state index is 12.1. The van der Waals surface area contributed by atoms with Gasteiger partial charge in [0.15, 0.2) is 0 Å². The van der Waals surface area contributed by atoms with E-state index in [2.05, 4.69) is 5.32 Å². The van der Waals surface area contributed by atoms with Crippen molar-refractivity contribution >= 4 is 23.4 Å². The number of carbonyl (C=O) groups is 1. The van der Waals surface area contributed by atoms with Crippen LogP contribution < -0.4 is 5.32 Å². The van der Waals surface area contributed by atoms with Gasteiger partial charge in [-0.3, -0.25) is 10.3 Å². The number of halogens is 1. The van der Waals surface area contributed by atoms with Crippen LogP contribution in [0, 0.1) is 0 Å². The molecule has 2 heterocycles. The Balaban J connectivity index is 1.64.